The van der Waals surface area contributed by atoms with Gasteiger partial charge in [-0.1, -0.05) is 43.2 Å². The first-order valence-electron chi connectivity index (χ1n) is 8.53. The van der Waals surface area contributed by atoms with E-state index < -0.39 is 0 Å². The average molecular weight is 279 g/mol. The second-order valence-electron chi connectivity index (χ2n) is 7.08. The highest BCUT2D eigenvalue weighted by molar-refractivity contribution is 5.58. The maximum atomic E-state index is 3.87. The fourth-order valence-corrected chi connectivity index (χ4v) is 4.75. The second-order valence-corrected chi connectivity index (χ2v) is 7.08. The molecule has 1 fully saturated rings. The standard InChI is InChI=1S/C20H25N/c1-20-14-8-7-13-18(20)16-11-5-6-12-17(16)19(20)21-15-9-3-2-4-10-15/h2-4,9-10,12,19,21H,5-8,11,13-14H2,1H3/t19?,20-/m0/s1. The predicted octanol–water partition coefficient (Wildman–Crippen LogP) is 5.47. The third-order valence-electron chi connectivity index (χ3n) is 5.80. The predicted molar refractivity (Wildman–Crippen MR) is 89.4 cm³/mol. The lowest BCUT2D eigenvalue weighted by atomic mass is 9.70. The van der Waals surface area contributed by atoms with Crippen molar-refractivity contribution in [1.82, 2.24) is 0 Å². The highest BCUT2D eigenvalue weighted by atomic mass is 15.0. The zero-order valence-electron chi connectivity index (χ0n) is 13.0. The SMILES string of the molecule is C[C@]12CCCCC1=C1CCCC=C1C2Nc1ccccc1. The fourth-order valence-electron chi connectivity index (χ4n) is 4.75. The molecule has 2 atom stereocenters. The summed E-state index contributed by atoms with van der Waals surface area (Å²) in [5.41, 5.74) is 6.75. The minimum atomic E-state index is 0.347. The van der Waals surface area contributed by atoms with Crippen molar-refractivity contribution in [2.75, 3.05) is 5.32 Å². The van der Waals surface area contributed by atoms with Crippen molar-refractivity contribution in [2.24, 2.45) is 5.41 Å². The number of hydrogen-bond donors (Lipinski definition) is 1. The van der Waals surface area contributed by atoms with E-state index in [0.29, 0.717) is 11.5 Å². The molecule has 1 N–H and O–H groups in total. The molecule has 0 heterocycles. The summed E-state index contributed by atoms with van der Waals surface area (Å²) < 4.78 is 0. The summed E-state index contributed by atoms with van der Waals surface area (Å²) in [6.07, 6.45) is 11.9. The largest absolute Gasteiger partial charge is 0.377 e. The molecule has 0 aliphatic heterocycles. The topological polar surface area (TPSA) is 12.0 Å². The smallest absolute Gasteiger partial charge is 0.0604 e. The van der Waals surface area contributed by atoms with Gasteiger partial charge < -0.3 is 5.32 Å². The van der Waals surface area contributed by atoms with Gasteiger partial charge in [0, 0.05) is 11.1 Å². The summed E-state index contributed by atoms with van der Waals surface area (Å²) in [6, 6.07) is 11.2. The molecule has 1 aromatic rings. The molecule has 0 saturated heterocycles. The van der Waals surface area contributed by atoms with Crippen LogP contribution in [0.25, 0.3) is 0 Å². The third-order valence-corrected chi connectivity index (χ3v) is 5.80. The van der Waals surface area contributed by atoms with Gasteiger partial charge in [-0.25, -0.2) is 0 Å². The van der Waals surface area contributed by atoms with Crippen LogP contribution in [0.1, 0.15) is 51.9 Å². The van der Waals surface area contributed by atoms with Crippen molar-refractivity contribution in [3.63, 3.8) is 0 Å². The lowest BCUT2D eigenvalue weighted by Crippen LogP contribution is -2.38. The third kappa shape index (κ3) is 2.06. The van der Waals surface area contributed by atoms with Gasteiger partial charge in [0.2, 0.25) is 0 Å². The molecule has 0 amide bonds. The van der Waals surface area contributed by atoms with Gasteiger partial charge in [0.05, 0.1) is 6.04 Å². The Morgan fingerprint density at radius 3 is 2.76 bits per heavy atom. The summed E-state index contributed by atoms with van der Waals surface area (Å²) in [7, 11) is 0. The van der Waals surface area contributed by atoms with Crippen molar-refractivity contribution >= 4 is 5.69 Å². The van der Waals surface area contributed by atoms with Crippen LogP contribution in [0.15, 0.2) is 53.1 Å². The Kier molecular flexibility index (Phi) is 3.17. The highest BCUT2D eigenvalue weighted by Gasteiger charge is 2.48. The van der Waals surface area contributed by atoms with Crippen LogP contribution < -0.4 is 5.32 Å². The van der Waals surface area contributed by atoms with Crippen molar-refractivity contribution in [2.45, 2.75) is 57.9 Å². The van der Waals surface area contributed by atoms with Crippen molar-refractivity contribution in [1.29, 1.82) is 0 Å². The molecule has 1 aromatic carbocycles. The van der Waals surface area contributed by atoms with E-state index in [1.807, 2.05) is 0 Å². The van der Waals surface area contributed by atoms with Crippen molar-refractivity contribution in [3.05, 3.63) is 53.1 Å². The van der Waals surface area contributed by atoms with E-state index in [1.165, 1.54) is 50.6 Å². The first kappa shape index (κ1) is 13.2. The Labute approximate surface area is 128 Å². The summed E-state index contributed by atoms with van der Waals surface area (Å²) in [5, 5.41) is 3.87. The zero-order chi connectivity index (χ0) is 14.3. The normalized spacial score (nSPS) is 31.5. The van der Waals surface area contributed by atoms with Gasteiger partial charge in [0.1, 0.15) is 0 Å². The van der Waals surface area contributed by atoms with Crippen molar-refractivity contribution in [3.8, 4) is 0 Å². The molecule has 0 spiro atoms. The van der Waals surface area contributed by atoms with Crippen LogP contribution in [0.5, 0.6) is 0 Å². The lowest BCUT2D eigenvalue weighted by Gasteiger charge is -2.39. The summed E-state index contributed by atoms with van der Waals surface area (Å²) in [5.74, 6) is 0. The number of nitrogens with one attached hydrogen (secondary N) is 1. The van der Waals surface area contributed by atoms with Crippen LogP contribution in [0.3, 0.4) is 0 Å². The minimum Gasteiger partial charge on any atom is -0.377 e. The van der Waals surface area contributed by atoms with E-state index in [-0.39, 0.29) is 0 Å². The first-order chi connectivity index (χ1) is 10.3. The molecule has 1 unspecified atom stereocenters. The van der Waals surface area contributed by atoms with E-state index in [0.717, 1.165) is 0 Å². The first-order valence-corrected chi connectivity index (χ1v) is 8.53. The number of fused-ring (bicyclic) bond motifs is 2. The molecule has 1 heteroatoms. The van der Waals surface area contributed by atoms with Crippen LogP contribution in [0.2, 0.25) is 0 Å². The molecule has 1 nitrogen and oxygen atoms in total. The molecule has 3 aliphatic rings. The van der Waals surface area contributed by atoms with E-state index in [4.69, 9.17) is 0 Å². The maximum absolute atomic E-state index is 3.87. The van der Waals surface area contributed by atoms with Gasteiger partial charge in [0.25, 0.3) is 0 Å². The highest BCUT2D eigenvalue weighted by Crippen LogP contribution is 2.56. The van der Waals surface area contributed by atoms with Gasteiger partial charge in [-0.2, -0.15) is 0 Å². The average Bonchev–Trinajstić information content (AvgIpc) is 2.78. The van der Waals surface area contributed by atoms with Crippen LogP contribution in [0.4, 0.5) is 5.69 Å². The Balaban J connectivity index is 1.74. The summed E-state index contributed by atoms with van der Waals surface area (Å²) in [6.45, 7) is 2.51. The Hall–Kier alpha value is -1.50. The molecule has 4 rings (SSSR count). The number of benzene rings is 1. The minimum absolute atomic E-state index is 0.347. The monoisotopic (exact) mass is 279 g/mol. The van der Waals surface area contributed by atoms with E-state index in [9.17, 15) is 0 Å². The molecular weight excluding hydrogens is 254 g/mol. The summed E-state index contributed by atoms with van der Waals surface area (Å²) >= 11 is 0. The van der Waals surface area contributed by atoms with Crippen LogP contribution in [-0.2, 0) is 0 Å². The van der Waals surface area contributed by atoms with E-state index in [2.05, 4.69) is 48.6 Å². The number of anilines is 1. The molecule has 1 saturated carbocycles. The van der Waals surface area contributed by atoms with Crippen LogP contribution in [-0.4, -0.2) is 6.04 Å². The number of hydrogen-bond acceptors (Lipinski definition) is 1. The molecule has 110 valence electrons. The van der Waals surface area contributed by atoms with Gasteiger partial charge in [-0.15, -0.1) is 0 Å². The summed E-state index contributed by atoms with van der Waals surface area (Å²) in [4.78, 5) is 0. The Bertz CT molecular complexity index is 596. The molecule has 0 bridgehead atoms. The van der Waals surface area contributed by atoms with Crippen LogP contribution in [0, 0.1) is 5.41 Å². The quantitative estimate of drug-likeness (QED) is 0.757. The number of allylic oxidation sites excluding steroid dienone is 1. The molecular formula is C20H25N. The fraction of sp³-hybridized carbons (Fsp3) is 0.500. The van der Waals surface area contributed by atoms with Crippen molar-refractivity contribution < 1.29 is 0 Å². The van der Waals surface area contributed by atoms with E-state index in [1.54, 1.807) is 16.7 Å². The molecule has 0 radical (unpaired) electrons. The van der Waals surface area contributed by atoms with Gasteiger partial charge in [-0.3, -0.25) is 0 Å². The molecule has 0 aromatic heterocycles. The second kappa shape index (κ2) is 5.05. The van der Waals surface area contributed by atoms with E-state index >= 15 is 0 Å². The number of rotatable bonds is 2. The van der Waals surface area contributed by atoms with Gasteiger partial charge in [-0.05, 0) is 61.8 Å². The molecule has 21 heavy (non-hydrogen) atoms. The number of para-hydroxylation sites is 1. The maximum Gasteiger partial charge on any atom is 0.0604 e. The Morgan fingerprint density at radius 1 is 1.05 bits per heavy atom. The zero-order valence-corrected chi connectivity index (χ0v) is 13.0. The van der Waals surface area contributed by atoms with Gasteiger partial charge >= 0.3 is 0 Å². The Morgan fingerprint density at radius 2 is 1.90 bits per heavy atom. The lowest BCUT2D eigenvalue weighted by molar-refractivity contribution is 0.295. The molecule has 3 aliphatic carbocycles. The van der Waals surface area contributed by atoms with Crippen LogP contribution >= 0.6 is 0 Å². The van der Waals surface area contributed by atoms with Gasteiger partial charge in [0.15, 0.2) is 0 Å².